The van der Waals surface area contributed by atoms with Gasteiger partial charge in [0, 0.05) is 12.0 Å². The lowest BCUT2D eigenvalue weighted by atomic mass is 10.0. The van der Waals surface area contributed by atoms with Crippen molar-refractivity contribution in [1.82, 2.24) is 0 Å². The summed E-state index contributed by atoms with van der Waals surface area (Å²) in [5, 5.41) is 0. The molecule has 1 aliphatic heterocycles. The van der Waals surface area contributed by atoms with Gasteiger partial charge < -0.3 is 14.2 Å². The maximum atomic E-state index is 12.5. The molecule has 0 bridgehead atoms. The lowest BCUT2D eigenvalue weighted by Gasteiger charge is -2.12. The number of halogens is 1. The molecule has 0 saturated carbocycles. The van der Waals surface area contributed by atoms with Crippen LogP contribution in [0.3, 0.4) is 0 Å². The van der Waals surface area contributed by atoms with Crippen molar-refractivity contribution in [2.75, 3.05) is 7.11 Å². The first-order valence-corrected chi connectivity index (χ1v) is 11.8. The maximum Gasteiger partial charge on any atom is 0.363 e. The second-order valence-corrected chi connectivity index (χ2v) is 8.70. The van der Waals surface area contributed by atoms with Gasteiger partial charge in [-0.05, 0) is 76.0 Å². The molecule has 4 rings (SSSR count). The summed E-state index contributed by atoms with van der Waals surface area (Å²) in [7, 11) is 1.50. The van der Waals surface area contributed by atoms with Crippen LogP contribution in [0.15, 0.2) is 77.4 Å². The highest BCUT2D eigenvalue weighted by Gasteiger charge is 2.25. The first kappa shape index (κ1) is 23.7. The van der Waals surface area contributed by atoms with Crippen LogP contribution in [-0.2, 0) is 14.3 Å². The molecule has 6 nitrogen and oxygen atoms in total. The van der Waals surface area contributed by atoms with E-state index in [0.29, 0.717) is 39.0 Å². The molecule has 0 aromatic heterocycles. The number of aliphatic imine (C=N–C) groups is 1. The van der Waals surface area contributed by atoms with E-state index in [-0.39, 0.29) is 17.6 Å². The van der Waals surface area contributed by atoms with Crippen LogP contribution in [0.4, 0.5) is 0 Å². The summed E-state index contributed by atoms with van der Waals surface area (Å²) in [4.78, 5) is 28.8. The van der Waals surface area contributed by atoms with Crippen LogP contribution in [0.1, 0.15) is 30.9 Å². The minimum Gasteiger partial charge on any atom is -0.493 e. The standard InChI is InChI=1S/C27H22INO5/c1-3-7-24(30)33-25-21(28)14-17(16-23(25)32-2)15-22-27(31)34-26(29-22)20-12-10-19(11-13-20)18-8-5-4-6-9-18/h4-6,8-16H,3,7H2,1-2H3/b22-15-. The Balaban J connectivity index is 1.59. The van der Waals surface area contributed by atoms with Gasteiger partial charge in [0.2, 0.25) is 5.90 Å². The quantitative estimate of drug-likeness (QED) is 0.151. The summed E-state index contributed by atoms with van der Waals surface area (Å²) < 4.78 is 17.0. The molecule has 0 radical (unpaired) electrons. The summed E-state index contributed by atoms with van der Waals surface area (Å²) in [6, 6.07) is 21.2. The Hall–Kier alpha value is -3.46. The highest BCUT2D eigenvalue weighted by molar-refractivity contribution is 14.1. The first-order valence-electron chi connectivity index (χ1n) is 10.7. The lowest BCUT2D eigenvalue weighted by molar-refractivity contribution is -0.134. The highest BCUT2D eigenvalue weighted by atomic mass is 127. The Kier molecular flexibility index (Phi) is 7.42. The van der Waals surface area contributed by atoms with E-state index in [2.05, 4.69) is 27.6 Å². The number of ether oxygens (including phenoxy) is 3. The topological polar surface area (TPSA) is 74.2 Å². The van der Waals surface area contributed by atoms with Crippen LogP contribution in [0.25, 0.3) is 17.2 Å². The Morgan fingerprint density at radius 3 is 2.38 bits per heavy atom. The van der Waals surface area contributed by atoms with E-state index < -0.39 is 5.97 Å². The van der Waals surface area contributed by atoms with Crippen molar-refractivity contribution in [2.45, 2.75) is 19.8 Å². The fourth-order valence-electron chi connectivity index (χ4n) is 3.42. The molecule has 0 saturated heterocycles. The van der Waals surface area contributed by atoms with E-state index in [1.807, 2.05) is 61.5 Å². The Morgan fingerprint density at radius 2 is 1.71 bits per heavy atom. The molecule has 0 fully saturated rings. The van der Waals surface area contributed by atoms with E-state index in [4.69, 9.17) is 14.2 Å². The monoisotopic (exact) mass is 567 g/mol. The summed E-state index contributed by atoms with van der Waals surface area (Å²) in [6.07, 6.45) is 2.63. The minimum atomic E-state index is -0.533. The Labute approximate surface area is 211 Å². The van der Waals surface area contributed by atoms with Crippen molar-refractivity contribution in [3.05, 3.63) is 87.1 Å². The van der Waals surface area contributed by atoms with Gasteiger partial charge in [0.15, 0.2) is 17.2 Å². The average Bonchev–Trinajstić information content (AvgIpc) is 3.21. The molecule has 3 aromatic carbocycles. The predicted octanol–water partition coefficient (Wildman–Crippen LogP) is 6.02. The zero-order valence-corrected chi connectivity index (χ0v) is 20.9. The van der Waals surface area contributed by atoms with E-state index >= 15 is 0 Å². The van der Waals surface area contributed by atoms with Crippen LogP contribution in [0.2, 0.25) is 0 Å². The molecule has 0 atom stereocenters. The number of benzene rings is 3. The fourth-order valence-corrected chi connectivity index (χ4v) is 4.15. The number of nitrogens with zero attached hydrogens (tertiary/aromatic N) is 1. The SMILES string of the molecule is CCCC(=O)Oc1c(I)cc(/C=C2\N=C(c3ccc(-c4ccccc4)cc3)OC2=O)cc1OC. The van der Waals surface area contributed by atoms with Gasteiger partial charge in [-0.2, -0.15) is 0 Å². The molecule has 0 N–H and O–H groups in total. The van der Waals surface area contributed by atoms with Gasteiger partial charge in [0.05, 0.1) is 10.7 Å². The Bertz CT molecular complexity index is 1280. The molecule has 7 heteroatoms. The minimum absolute atomic E-state index is 0.177. The van der Waals surface area contributed by atoms with Crippen LogP contribution in [0, 0.1) is 3.57 Å². The smallest absolute Gasteiger partial charge is 0.363 e. The van der Waals surface area contributed by atoms with Gasteiger partial charge in [-0.25, -0.2) is 9.79 Å². The molecule has 1 aliphatic rings. The molecule has 3 aromatic rings. The van der Waals surface area contributed by atoms with Gasteiger partial charge in [-0.1, -0.05) is 49.4 Å². The van der Waals surface area contributed by atoms with Gasteiger partial charge in [0.1, 0.15) is 0 Å². The van der Waals surface area contributed by atoms with E-state index in [1.54, 1.807) is 18.2 Å². The van der Waals surface area contributed by atoms with Crippen LogP contribution in [0.5, 0.6) is 11.5 Å². The second kappa shape index (κ2) is 10.6. The third-order valence-corrected chi connectivity index (χ3v) is 5.89. The Morgan fingerprint density at radius 1 is 1.03 bits per heavy atom. The molecule has 34 heavy (non-hydrogen) atoms. The number of hydrogen-bond donors (Lipinski definition) is 0. The maximum absolute atomic E-state index is 12.5. The number of cyclic esters (lactones) is 1. The number of esters is 2. The zero-order chi connectivity index (χ0) is 24.1. The summed E-state index contributed by atoms with van der Waals surface area (Å²) in [5.74, 6) is 0.157. The van der Waals surface area contributed by atoms with Crippen molar-refractivity contribution in [3.8, 4) is 22.6 Å². The van der Waals surface area contributed by atoms with Crippen LogP contribution >= 0.6 is 22.6 Å². The van der Waals surface area contributed by atoms with Crippen LogP contribution in [-0.4, -0.2) is 24.9 Å². The molecule has 0 spiro atoms. The number of methoxy groups -OCH3 is 1. The van der Waals surface area contributed by atoms with Crippen molar-refractivity contribution >= 4 is 46.5 Å². The average molecular weight is 567 g/mol. The summed E-state index contributed by atoms with van der Waals surface area (Å²) in [5.41, 5.74) is 3.73. The van der Waals surface area contributed by atoms with Gasteiger partial charge in [-0.15, -0.1) is 0 Å². The number of hydrogen-bond acceptors (Lipinski definition) is 6. The molecule has 172 valence electrons. The molecule has 0 aliphatic carbocycles. The summed E-state index contributed by atoms with van der Waals surface area (Å²) in [6.45, 7) is 1.91. The van der Waals surface area contributed by atoms with Gasteiger partial charge >= 0.3 is 11.9 Å². The summed E-state index contributed by atoms with van der Waals surface area (Å²) >= 11 is 2.07. The number of carbonyl (C=O) groups is 2. The number of carbonyl (C=O) groups excluding carboxylic acids is 2. The van der Waals surface area contributed by atoms with E-state index in [9.17, 15) is 9.59 Å². The number of rotatable bonds is 7. The normalized spacial score (nSPS) is 14.0. The third kappa shape index (κ3) is 5.36. The highest BCUT2D eigenvalue weighted by Crippen LogP contribution is 2.35. The second-order valence-electron chi connectivity index (χ2n) is 7.54. The predicted molar refractivity (Wildman–Crippen MR) is 139 cm³/mol. The zero-order valence-electron chi connectivity index (χ0n) is 18.7. The largest absolute Gasteiger partial charge is 0.493 e. The molecule has 1 heterocycles. The van der Waals surface area contributed by atoms with Gasteiger partial charge in [-0.3, -0.25) is 4.79 Å². The lowest BCUT2D eigenvalue weighted by Crippen LogP contribution is -2.09. The molecular formula is C27H22INO5. The molecule has 0 unspecified atom stereocenters. The van der Waals surface area contributed by atoms with E-state index in [0.717, 1.165) is 11.1 Å². The fraction of sp³-hybridized carbons (Fsp3) is 0.148. The van der Waals surface area contributed by atoms with Crippen molar-refractivity contribution in [3.63, 3.8) is 0 Å². The van der Waals surface area contributed by atoms with Crippen molar-refractivity contribution in [2.24, 2.45) is 4.99 Å². The molecule has 0 amide bonds. The van der Waals surface area contributed by atoms with Crippen LogP contribution < -0.4 is 9.47 Å². The van der Waals surface area contributed by atoms with Crippen molar-refractivity contribution < 1.29 is 23.8 Å². The van der Waals surface area contributed by atoms with Crippen molar-refractivity contribution in [1.29, 1.82) is 0 Å². The third-order valence-electron chi connectivity index (χ3n) is 5.08. The van der Waals surface area contributed by atoms with E-state index in [1.165, 1.54) is 7.11 Å². The molecular weight excluding hydrogens is 545 g/mol. The van der Waals surface area contributed by atoms with Gasteiger partial charge in [0.25, 0.3) is 0 Å². The first-order chi connectivity index (χ1) is 16.5.